The van der Waals surface area contributed by atoms with Crippen molar-refractivity contribution in [3.05, 3.63) is 42.2 Å². The van der Waals surface area contributed by atoms with E-state index >= 15 is 0 Å². The third-order valence-electron chi connectivity index (χ3n) is 2.88. The molecule has 0 aliphatic carbocycles. The number of hydrogen-bond donors (Lipinski definition) is 1. The van der Waals surface area contributed by atoms with E-state index in [2.05, 4.69) is 10.3 Å². The van der Waals surface area contributed by atoms with Crippen LogP contribution in [0.15, 0.2) is 36.4 Å². The number of para-hydroxylation sites is 1. The molecule has 0 atom stereocenters. The minimum atomic E-state index is -0.506. The molecule has 6 heteroatoms. The highest BCUT2D eigenvalue weighted by Crippen LogP contribution is 2.28. The molecule has 0 aliphatic rings. The summed E-state index contributed by atoms with van der Waals surface area (Å²) in [5.74, 6) is -0.392. The molecule has 0 unspecified atom stereocenters. The summed E-state index contributed by atoms with van der Waals surface area (Å²) in [6.07, 6.45) is 0. The Balaban J connectivity index is 2.27. The molecule has 0 saturated heterocycles. The number of aromatic nitrogens is 3. The van der Waals surface area contributed by atoms with E-state index in [1.807, 2.05) is 24.3 Å². The smallest absolute Gasteiger partial charge is 0.167 e. The summed E-state index contributed by atoms with van der Waals surface area (Å²) in [5, 5.41) is 8.08. The number of nitrogen functional groups attached to an aromatic ring is 1. The van der Waals surface area contributed by atoms with Crippen molar-refractivity contribution < 1.29 is 9.13 Å². The summed E-state index contributed by atoms with van der Waals surface area (Å²) in [7, 11) is 1.40. The van der Waals surface area contributed by atoms with Crippen molar-refractivity contribution in [2.24, 2.45) is 0 Å². The Labute approximate surface area is 108 Å². The molecule has 2 N–H and O–H groups in total. The third-order valence-corrected chi connectivity index (χ3v) is 2.88. The van der Waals surface area contributed by atoms with Gasteiger partial charge < -0.3 is 10.5 Å². The van der Waals surface area contributed by atoms with Crippen LogP contribution in [0.2, 0.25) is 0 Å². The number of hydrogen-bond acceptors (Lipinski definition) is 4. The van der Waals surface area contributed by atoms with Gasteiger partial charge in [0.15, 0.2) is 11.6 Å². The maximum absolute atomic E-state index is 13.5. The topological polar surface area (TPSA) is 66.0 Å². The van der Waals surface area contributed by atoms with Crippen molar-refractivity contribution in [3.8, 4) is 11.4 Å². The SMILES string of the molecule is COc1cc(-n2nnc3ccccc32)c(N)cc1F. The lowest BCUT2D eigenvalue weighted by atomic mass is 10.2. The Bertz CT molecular complexity index is 753. The number of benzene rings is 2. The zero-order valence-corrected chi connectivity index (χ0v) is 10.2. The summed E-state index contributed by atoms with van der Waals surface area (Å²) >= 11 is 0. The van der Waals surface area contributed by atoms with E-state index in [1.54, 1.807) is 4.68 Å². The van der Waals surface area contributed by atoms with Crippen molar-refractivity contribution in [3.63, 3.8) is 0 Å². The fraction of sp³-hybridized carbons (Fsp3) is 0.0769. The highest BCUT2D eigenvalue weighted by atomic mass is 19.1. The van der Waals surface area contributed by atoms with Crippen molar-refractivity contribution in [2.45, 2.75) is 0 Å². The maximum atomic E-state index is 13.5. The molecule has 0 amide bonds. The number of rotatable bonds is 2. The first-order valence-electron chi connectivity index (χ1n) is 5.64. The monoisotopic (exact) mass is 258 g/mol. The molecule has 0 radical (unpaired) electrons. The van der Waals surface area contributed by atoms with Gasteiger partial charge in [-0.05, 0) is 12.1 Å². The van der Waals surface area contributed by atoms with Crippen LogP contribution in [0.1, 0.15) is 0 Å². The molecule has 0 fully saturated rings. The number of halogens is 1. The van der Waals surface area contributed by atoms with Crippen molar-refractivity contribution in [1.82, 2.24) is 15.0 Å². The molecule has 0 aliphatic heterocycles. The number of methoxy groups -OCH3 is 1. The fourth-order valence-electron chi connectivity index (χ4n) is 1.94. The van der Waals surface area contributed by atoms with Gasteiger partial charge in [-0.2, -0.15) is 0 Å². The normalized spacial score (nSPS) is 10.8. The van der Waals surface area contributed by atoms with Crippen molar-refractivity contribution in [1.29, 1.82) is 0 Å². The minimum Gasteiger partial charge on any atom is -0.494 e. The number of ether oxygens (including phenoxy) is 1. The van der Waals surface area contributed by atoms with Crippen LogP contribution in [0.3, 0.4) is 0 Å². The molecule has 1 aromatic heterocycles. The molecule has 0 saturated carbocycles. The second-order valence-electron chi connectivity index (χ2n) is 4.04. The first-order chi connectivity index (χ1) is 9.20. The number of nitrogens with zero attached hydrogens (tertiary/aromatic N) is 3. The average Bonchev–Trinajstić information content (AvgIpc) is 2.83. The highest BCUT2D eigenvalue weighted by molar-refractivity contribution is 5.78. The summed E-state index contributed by atoms with van der Waals surface area (Å²) in [4.78, 5) is 0. The number of anilines is 1. The van der Waals surface area contributed by atoms with Crippen LogP contribution >= 0.6 is 0 Å². The molecule has 19 heavy (non-hydrogen) atoms. The van der Waals surface area contributed by atoms with E-state index in [1.165, 1.54) is 19.2 Å². The molecule has 0 spiro atoms. The first kappa shape index (κ1) is 11.5. The molecular formula is C13H11FN4O. The molecule has 3 rings (SSSR count). The zero-order valence-electron chi connectivity index (χ0n) is 10.2. The lowest BCUT2D eigenvalue weighted by molar-refractivity contribution is 0.386. The molecule has 3 aromatic rings. The van der Waals surface area contributed by atoms with Crippen LogP contribution in [0.4, 0.5) is 10.1 Å². The van der Waals surface area contributed by atoms with Gasteiger partial charge in [0.25, 0.3) is 0 Å². The van der Waals surface area contributed by atoms with E-state index in [0.717, 1.165) is 11.0 Å². The second-order valence-corrected chi connectivity index (χ2v) is 4.04. The first-order valence-corrected chi connectivity index (χ1v) is 5.64. The van der Waals surface area contributed by atoms with Crippen molar-refractivity contribution in [2.75, 3.05) is 12.8 Å². The Kier molecular flexibility index (Phi) is 2.56. The Morgan fingerprint density at radius 3 is 2.84 bits per heavy atom. The van der Waals surface area contributed by atoms with E-state index in [9.17, 15) is 4.39 Å². The van der Waals surface area contributed by atoms with E-state index in [4.69, 9.17) is 10.5 Å². The van der Waals surface area contributed by atoms with Gasteiger partial charge in [0, 0.05) is 12.1 Å². The van der Waals surface area contributed by atoms with Gasteiger partial charge in [-0.25, -0.2) is 9.07 Å². The summed E-state index contributed by atoms with van der Waals surface area (Å²) in [6, 6.07) is 10.2. The van der Waals surface area contributed by atoms with Crippen molar-refractivity contribution >= 4 is 16.7 Å². The number of nitrogens with two attached hydrogens (primary N) is 1. The lowest BCUT2D eigenvalue weighted by Crippen LogP contribution is -2.03. The molecule has 2 aromatic carbocycles. The molecule has 0 bridgehead atoms. The minimum absolute atomic E-state index is 0.115. The summed E-state index contributed by atoms with van der Waals surface area (Å²) < 4.78 is 20.1. The summed E-state index contributed by atoms with van der Waals surface area (Å²) in [5.41, 5.74) is 8.18. The summed E-state index contributed by atoms with van der Waals surface area (Å²) in [6.45, 7) is 0. The second kappa shape index (κ2) is 4.24. The maximum Gasteiger partial charge on any atom is 0.167 e. The Morgan fingerprint density at radius 2 is 2.05 bits per heavy atom. The third kappa shape index (κ3) is 1.77. The van der Waals surface area contributed by atoms with E-state index in [-0.39, 0.29) is 11.4 Å². The fourth-order valence-corrected chi connectivity index (χ4v) is 1.94. The largest absolute Gasteiger partial charge is 0.494 e. The zero-order chi connectivity index (χ0) is 13.4. The van der Waals surface area contributed by atoms with Gasteiger partial charge in [-0.1, -0.05) is 17.3 Å². The lowest BCUT2D eigenvalue weighted by Gasteiger charge is -2.09. The predicted octanol–water partition coefficient (Wildman–Crippen LogP) is 2.15. The van der Waals surface area contributed by atoms with Gasteiger partial charge in [-0.3, -0.25) is 0 Å². The predicted molar refractivity (Wildman–Crippen MR) is 69.8 cm³/mol. The van der Waals surface area contributed by atoms with Gasteiger partial charge >= 0.3 is 0 Å². The quantitative estimate of drug-likeness (QED) is 0.715. The van der Waals surface area contributed by atoms with E-state index < -0.39 is 5.82 Å². The standard InChI is InChI=1S/C13H11FN4O/c1-19-13-7-12(9(15)6-8(13)14)18-11-5-3-2-4-10(11)16-17-18/h2-7H,15H2,1H3. The molecule has 96 valence electrons. The van der Waals surface area contributed by atoms with Gasteiger partial charge in [0.2, 0.25) is 0 Å². The number of fused-ring (bicyclic) bond motifs is 1. The van der Waals surface area contributed by atoms with Crippen LogP contribution in [0, 0.1) is 5.82 Å². The van der Waals surface area contributed by atoms with Crippen LogP contribution < -0.4 is 10.5 Å². The van der Waals surface area contributed by atoms with E-state index in [0.29, 0.717) is 5.69 Å². The van der Waals surface area contributed by atoms with Crippen LogP contribution in [0.25, 0.3) is 16.7 Å². The van der Waals surface area contributed by atoms with Crippen LogP contribution in [0.5, 0.6) is 5.75 Å². The molecule has 1 heterocycles. The Hall–Kier alpha value is -2.63. The Morgan fingerprint density at radius 1 is 1.26 bits per heavy atom. The van der Waals surface area contributed by atoms with Crippen LogP contribution in [-0.2, 0) is 0 Å². The highest BCUT2D eigenvalue weighted by Gasteiger charge is 2.13. The average molecular weight is 258 g/mol. The molecular weight excluding hydrogens is 247 g/mol. The van der Waals surface area contributed by atoms with Gasteiger partial charge in [0.1, 0.15) is 5.52 Å². The van der Waals surface area contributed by atoms with Gasteiger partial charge in [0.05, 0.1) is 24.0 Å². The van der Waals surface area contributed by atoms with Crippen LogP contribution in [-0.4, -0.2) is 22.1 Å². The van der Waals surface area contributed by atoms with Gasteiger partial charge in [-0.15, -0.1) is 5.10 Å². The molecule has 5 nitrogen and oxygen atoms in total.